The SMILES string of the molecule is CCCc1cc2c(N3CCn4c(nnc4C(F)(F)F)C3)nc(OCCNCC(=O)OCC)nc2s1. The van der Waals surface area contributed by atoms with Crippen molar-refractivity contribution in [1.29, 1.82) is 0 Å². The number of aryl methyl sites for hydroxylation is 1. The van der Waals surface area contributed by atoms with Crippen LogP contribution >= 0.6 is 11.3 Å². The Morgan fingerprint density at radius 2 is 2.06 bits per heavy atom. The van der Waals surface area contributed by atoms with Gasteiger partial charge in [-0.2, -0.15) is 23.1 Å². The highest BCUT2D eigenvalue weighted by Crippen LogP contribution is 2.35. The summed E-state index contributed by atoms with van der Waals surface area (Å²) in [7, 11) is 0. The number of ether oxygens (including phenoxy) is 2. The Hall–Kier alpha value is -3.00. The van der Waals surface area contributed by atoms with Crippen LogP contribution in [0.5, 0.6) is 6.01 Å². The van der Waals surface area contributed by atoms with Gasteiger partial charge in [0.05, 0.1) is 25.1 Å². The van der Waals surface area contributed by atoms with Crippen molar-refractivity contribution < 1.29 is 27.4 Å². The van der Waals surface area contributed by atoms with Gasteiger partial charge in [0.2, 0.25) is 5.82 Å². The molecule has 35 heavy (non-hydrogen) atoms. The topological polar surface area (TPSA) is 107 Å². The Kier molecular flexibility index (Phi) is 7.69. The standard InChI is InChI=1S/C21H26F3N7O3S/c1-3-5-13-10-14-17(30-7-8-31-15(12-30)28-29-19(31)21(22,23)24)26-20(27-18(14)35-13)34-9-6-25-11-16(32)33-4-2/h10,25H,3-9,11-12H2,1-2H3. The fourth-order valence-corrected chi connectivity index (χ4v) is 4.89. The maximum absolute atomic E-state index is 13.2. The molecule has 0 spiro atoms. The Morgan fingerprint density at radius 3 is 2.80 bits per heavy atom. The maximum Gasteiger partial charge on any atom is 0.451 e. The van der Waals surface area contributed by atoms with Gasteiger partial charge in [0.1, 0.15) is 17.3 Å². The molecule has 0 saturated carbocycles. The van der Waals surface area contributed by atoms with E-state index < -0.39 is 12.0 Å². The number of hydrogen-bond donors (Lipinski definition) is 1. The minimum atomic E-state index is -4.56. The number of halogens is 3. The molecule has 0 unspecified atom stereocenters. The average molecular weight is 514 g/mol. The van der Waals surface area contributed by atoms with Crippen LogP contribution in [0.1, 0.15) is 36.8 Å². The number of carbonyl (C=O) groups excluding carboxylic acids is 1. The van der Waals surface area contributed by atoms with Crippen molar-refractivity contribution in [1.82, 2.24) is 30.0 Å². The second kappa shape index (κ2) is 10.7. The first-order valence-corrected chi connectivity index (χ1v) is 12.2. The summed E-state index contributed by atoms with van der Waals surface area (Å²) in [6.45, 7) is 5.35. The number of aromatic nitrogens is 5. The summed E-state index contributed by atoms with van der Waals surface area (Å²) in [5.74, 6) is -0.517. The fraction of sp³-hybridized carbons (Fsp3) is 0.571. The van der Waals surface area contributed by atoms with Gasteiger partial charge in [-0.15, -0.1) is 21.5 Å². The zero-order chi connectivity index (χ0) is 25.0. The molecule has 0 bridgehead atoms. The first kappa shape index (κ1) is 25.1. The van der Waals surface area contributed by atoms with Gasteiger partial charge in [-0.3, -0.25) is 4.79 Å². The molecular formula is C21H26F3N7O3S. The van der Waals surface area contributed by atoms with Crippen molar-refractivity contribution >= 4 is 33.3 Å². The molecule has 0 amide bonds. The highest BCUT2D eigenvalue weighted by Gasteiger charge is 2.39. The van der Waals surface area contributed by atoms with Crippen molar-refractivity contribution in [3.8, 4) is 6.01 Å². The molecule has 1 N–H and O–H groups in total. The van der Waals surface area contributed by atoms with Gasteiger partial charge in [-0.05, 0) is 19.4 Å². The van der Waals surface area contributed by atoms with Gasteiger partial charge in [-0.1, -0.05) is 13.3 Å². The lowest BCUT2D eigenvalue weighted by molar-refractivity contribution is -0.147. The molecular weight excluding hydrogens is 487 g/mol. The summed E-state index contributed by atoms with van der Waals surface area (Å²) in [6, 6.07) is 2.20. The molecule has 4 heterocycles. The van der Waals surface area contributed by atoms with Crippen LogP contribution in [0.2, 0.25) is 0 Å². The van der Waals surface area contributed by atoms with Crippen LogP contribution < -0.4 is 15.0 Å². The lowest BCUT2D eigenvalue weighted by atomic mass is 10.2. The van der Waals surface area contributed by atoms with Crippen molar-refractivity contribution in [2.75, 3.05) is 37.7 Å². The van der Waals surface area contributed by atoms with Crippen LogP contribution in [0, 0.1) is 0 Å². The molecule has 1 aliphatic rings. The summed E-state index contributed by atoms with van der Waals surface area (Å²) in [6.07, 6.45) is -2.70. The molecule has 0 radical (unpaired) electrons. The predicted octanol–water partition coefficient (Wildman–Crippen LogP) is 2.81. The number of nitrogens with one attached hydrogen (secondary N) is 1. The first-order chi connectivity index (χ1) is 16.8. The van der Waals surface area contributed by atoms with Crippen LogP contribution in [0.25, 0.3) is 10.2 Å². The van der Waals surface area contributed by atoms with E-state index in [2.05, 4.69) is 32.4 Å². The molecule has 0 aromatic carbocycles. The molecule has 4 rings (SSSR count). The number of carbonyl (C=O) groups is 1. The monoisotopic (exact) mass is 513 g/mol. The third kappa shape index (κ3) is 5.81. The Balaban J connectivity index is 1.53. The molecule has 0 fully saturated rings. The number of nitrogens with zero attached hydrogens (tertiary/aromatic N) is 6. The lowest BCUT2D eigenvalue weighted by Crippen LogP contribution is -2.36. The van der Waals surface area contributed by atoms with Crippen molar-refractivity contribution in [2.45, 2.75) is 46.0 Å². The van der Waals surface area contributed by atoms with E-state index in [1.165, 1.54) is 0 Å². The molecule has 1 aliphatic heterocycles. The summed E-state index contributed by atoms with van der Waals surface area (Å²) in [5, 5.41) is 10.9. The normalized spacial score (nSPS) is 13.8. The lowest BCUT2D eigenvalue weighted by Gasteiger charge is -2.29. The van der Waals surface area contributed by atoms with Gasteiger partial charge in [0, 0.05) is 24.5 Å². The first-order valence-electron chi connectivity index (χ1n) is 11.3. The summed E-state index contributed by atoms with van der Waals surface area (Å²) >= 11 is 1.54. The largest absolute Gasteiger partial charge is 0.465 e. The number of hydrogen-bond acceptors (Lipinski definition) is 10. The van der Waals surface area contributed by atoms with Crippen molar-refractivity contribution in [2.24, 2.45) is 0 Å². The number of thiophene rings is 1. The highest BCUT2D eigenvalue weighted by molar-refractivity contribution is 7.18. The quantitative estimate of drug-likeness (QED) is 0.323. The summed E-state index contributed by atoms with van der Waals surface area (Å²) in [4.78, 5) is 24.3. The molecule has 0 atom stereocenters. The minimum absolute atomic E-state index is 0.0714. The number of esters is 1. The van der Waals surface area contributed by atoms with E-state index in [9.17, 15) is 18.0 Å². The molecule has 0 aliphatic carbocycles. The Bertz CT molecular complexity index is 1180. The number of anilines is 1. The highest BCUT2D eigenvalue weighted by atomic mass is 32.1. The van der Waals surface area contributed by atoms with E-state index in [4.69, 9.17) is 9.47 Å². The van der Waals surface area contributed by atoms with Crippen molar-refractivity contribution in [3.63, 3.8) is 0 Å². The zero-order valence-electron chi connectivity index (χ0n) is 19.4. The Morgan fingerprint density at radius 1 is 1.23 bits per heavy atom. The number of alkyl halides is 3. The molecule has 3 aromatic heterocycles. The zero-order valence-corrected chi connectivity index (χ0v) is 20.2. The van der Waals surface area contributed by atoms with E-state index in [-0.39, 0.29) is 44.0 Å². The second-order valence-electron chi connectivity index (χ2n) is 7.85. The maximum atomic E-state index is 13.2. The van der Waals surface area contributed by atoms with Crippen LogP contribution in [0.4, 0.5) is 19.0 Å². The molecule has 0 saturated heterocycles. The second-order valence-corrected chi connectivity index (χ2v) is 8.97. The van der Waals surface area contributed by atoms with Gasteiger partial charge >= 0.3 is 18.2 Å². The third-order valence-electron chi connectivity index (χ3n) is 5.29. The van der Waals surface area contributed by atoms with E-state index in [1.807, 2.05) is 11.0 Å². The number of fused-ring (bicyclic) bond motifs is 2. The van der Waals surface area contributed by atoms with E-state index in [0.29, 0.717) is 25.5 Å². The average Bonchev–Trinajstić information content (AvgIpc) is 3.42. The molecule has 10 nitrogen and oxygen atoms in total. The van der Waals surface area contributed by atoms with Crippen molar-refractivity contribution in [3.05, 3.63) is 22.6 Å². The summed E-state index contributed by atoms with van der Waals surface area (Å²) in [5.41, 5.74) is 0. The molecule has 14 heteroatoms. The van der Waals surface area contributed by atoms with Gasteiger partial charge in [0.15, 0.2) is 5.82 Å². The van der Waals surface area contributed by atoms with Crippen LogP contribution in [-0.4, -0.2) is 63.5 Å². The molecule has 3 aromatic rings. The van der Waals surface area contributed by atoms with E-state index in [1.54, 1.807) is 18.3 Å². The third-order valence-corrected chi connectivity index (χ3v) is 6.38. The molecule has 190 valence electrons. The van der Waals surface area contributed by atoms with Gasteiger partial charge < -0.3 is 24.3 Å². The number of rotatable bonds is 10. The smallest absolute Gasteiger partial charge is 0.451 e. The van der Waals surface area contributed by atoms with Gasteiger partial charge in [-0.25, -0.2) is 0 Å². The predicted molar refractivity (Wildman–Crippen MR) is 122 cm³/mol. The van der Waals surface area contributed by atoms with Crippen LogP contribution in [0.15, 0.2) is 6.07 Å². The Labute approximate surface area is 203 Å². The minimum Gasteiger partial charge on any atom is -0.465 e. The summed E-state index contributed by atoms with van der Waals surface area (Å²) < 4.78 is 51.4. The van der Waals surface area contributed by atoms with Gasteiger partial charge in [0.25, 0.3) is 0 Å². The van der Waals surface area contributed by atoms with E-state index in [0.717, 1.165) is 32.5 Å². The fourth-order valence-electron chi connectivity index (χ4n) is 3.78. The van der Waals surface area contributed by atoms with Crippen LogP contribution in [-0.2, 0) is 35.2 Å². The van der Waals surface area contributed by atoms with Crippen LogP contribution in [0.3, 0.4) is 0 Å². The van der Waals surface area contributed by atoms with E-state index >= 15 is 0 Å².